The van der Waals surface area contributed by atoms with Crippen LogP contribution < -0.4 is 14.4 Å². The molecule has 8 rings (SSSR count). The second kappa shape index (κ2) is 16.8. The molecule has 6 aliphatic rings. The number of benzene rings is 2. The van der Waals surface area contributed by atoms with E-state index in [1.165, 1.54) is 18.2 Å². The molecule has 0 radical (unpaired) electrons. The van der Waals surface area contributed by atoms with Gasteiger partial charge in [-0.2, -0.15) is 0 Å². The first-order chi connectivity index (χ1) is 27.8. The van der Waals surface area contributed by atoms with Gasteiger partial charge in [0.05, 0.1) is 36.7 Å². The van der Waals surface area contributed by atoms with Crippen molar-refractivity contribution in [1.82, 2.24) is 19.4 Å². The van der Waals surface area contributed by atoms with E-state index in [9.17, 15) is 23.1 Å². The summed E-state index contributed by atoms with van der Waals surface area (Å²) in [6, 6.07) is 11.8. The SMILES string of the molecule is COC(=O)CCN1CCN2CCN(C[C@]3(O)CCC[C@H](C)[C@@H](C)S(=O)(=O)NC(=O)c4ccc5c(c4)N(C[C@@H]4CC[C@H]43)C[C@@]3(CCCc4cc(Cl)ccc43)CO5)C[C@H]2C1. The third-order valence-electron chi connectivity index (χ3n) is 14.9. The topological polar surface area (TPSA) is 132 Å². The number of halogens is 1. The fourth-order valence-corrected chi connectivity index (χ4v) is 12.6. The molecule has 2 aliphatic carbocycles. The number of fused-ring (bicyclic) bond motifs is 5. The number of sulfonamides is 1. The summed E-state index contributed by atoms with van der Waals surface area (Å²) in [6.45, 7) is 12.2. The predicted molar refractivity (Wildman–Crippen MR) is 225 cm³/mol. The van der Waals surface area contributed by atoms with E-state index in [1.807, 2.05) is 25.1 Å². The number of carbonyl (C=O) groups is 2. The van der Waals surface area contributed by atoms with Crippen molar-refractivity contribution in [3.63, 3.8) is 0 Å². The average Bonchev–Trinajstić information content (AvgIpc) is 3.33. The number of aryl methyl sites for hydroxylation is 1. The van der Waals surface area contributed by atoms with E-state index in [2.05, 4.69) is 36.5 Å². The van der Waals surface area contributed by atoms with E-state index in [-0.39, 0.29) is 34.7 Å². The number of esters is 1. The summed E-state index contributed by atoms with van der Waals surface area (Å²) in [4.78, 5) is 35.4. The maximum atomic E-state index is 13.7. The van der Waals surface area contributed by atoms with Crippen molar-refractivity contribution in [2.24, 2.45) is 17.8 Å². The summed E-state index contributed by atoms with van der Waals surface area (Å²) < 4.78 is 41.3. The number of methoxy groups -OCH3 is 1. The molecule has 4 aliphatic heterocycles. The van der Waals surface area contributed by atoms with Gasteiger partial charge < -0.3 is 19.5 Å². The van der Waals surface area contributed by atoms with Crippen LogP contribution in [0.3, 0.4) is 0 Å². The van der Waals surface area contributed by atoms with Crippen LogP contribution in [0, 0.1) is 17.8 Å². The van der Waals surface area contributed by atoms with Crippen molar-refractivity contribution < 1.29 is 32.6 Å². The molecule has 2 saturated heterocycles. The lowest BCUT2D eigenvalue weighted by molar-refractivity contribution is -0.141. The van der Waals surface area contributed by atoms with Gasteiger partial charge in [0.2, 0.25) is 10.0 Å². The van der Waals surface area contributed by atoms with Crippen molar-refractivity contribution >= 4 is 39.2 Å². The highest BCUT2D eigenvalue weighted by Crippen LogP contribution is 2.49. The van der Waals surface area contributed by atoms with Gasteiger partial charge in [0, 0.05) is 87.5 Å². The molecule has 0 aromatic heterocycles. The molecule has 1 amide bonds. The Morgan fingerprint density at radius 3 is 2.57 bits per heavy atom. The molecule has 12 nitrogen and oxygen atoms in total. The first-order valence-corrected chi connectivity index (χ1v) is 23.5. The summed E-state index contributed by atoms with van der Waals surface area (Å²) in [5.41, 5.74) is 2.29. The molecule has 2 aromatic carbocycles. The Balaban J connectivity index is 1.10. The van der Waals surface area contributed by atoms with Crippen molar-refractivity contribution in [2.75, 3.05) is 84.1 Å². The quantitative estimate of drug-likeness (QED) is 0.407. The molecule has 2 N–H and O–H groups in total. The van der Waals surface area contributed by atoms with Crippen LogP contribution in [0.15, 0.2) is 36.4 Å². The van der Waals surface area contributed by atoms with E-state index in [0.717, 1.165) is 82.1 Å². The van der Waals surface area contributed by atoms with Crippen LogP contribution in [0.25, 0.3) is 0 Å². The fourth-order valence-electron chi connectivity index (χ4n) is 11.1. The number of hydrogen-bond acceptors (Lipinski definition) is 11. The third kappa shape index (κ3) is 8.50. The van der Waals surface area contributed by atoms with Crippen molar-refractivity contribution in [3.05, 3.63) is 58.1 Å². The van der Waals surface area contributed by atoms with E-state index in [1.54, 1.807) is 13.0 Å². The predicted octanol–water partition coefficient (Wildman–Crippen LogP) is 4.70. The molecule has 0 unspecified atom stereocenters. The number of hydrogen-bond donors (Lipinski definition) is 2. The monoisotopic (exact) mass is 839 g/mol. The first-order valence-electron chi connectivity index (χ1n) is 21.6. The minimum Gasteiger partial charge on any atom is -0.490 e. The van der Waals surface area contributed by atoms with Gasteiger partial charge in [-0.25, -0.2) is 13.1 Å². The van der Waals surface area contributed by atoms with E-state index in [4.69, 9.17) is 21.1 Å². The van der Waals surface area contributed by atoms with Gasteiger partial charge in [-0.05, 0) is 111 Å². The molecule has 3 fully saturated rings. The molecule has 14 heteroatoms. The van der Waals surface area contributed by atoms with Crippen LogP contribution in [-0.4, -0.2) is 136 Å². The molecular formula is C44H62ClN5O7S. The highest BCUT2D eigenvalue weighted by molar-refractivity contribution is 7.90. The molecule has 58 heavy (non-hydrogen) atoms. The standard InChI is InChI=1S/C44H62ClN5O7S/c1-30-6-4-16-44(53,28-48-19-21-49-20-18-47(25-36(49)26-48)17-14-41(51)56-3)38-11-8-34(38)24-50-27-43(15-5-7-32-22-35(45)10-12-37(32)43)29-57-40-13-9-33(23-39(40)50)42(52)46-58(54,55)31(30)2/h9-10,12-13,22-23,30-31,34,36,38,53H,4-8,11,14-21,24-29H2,1-3H3,(H,46,52)/t30-,31+,34-,36+,38+,43-,44+/m0/s1. The van der Waals surface area contributed by atoms with E-state index in [0.29, 0.717) is 70.3 Å². The van der Waals surface area contributed by atoms with E-state index >= 15 is 0 Å². The van der Waals surface area contributed by atoms with Gasteiger partial charge in [0.1, 0.15) is 5.75 Å². The largest absolute Gasteiger partial charge is 0.490 e. The Morgan fingerprint density at radius 1 is 1.00 bits per heavy atom. The average molecular weight is 841 g/mol. The van der Waals surface area contributed by atoms with Crippen molar-refractivity contribution in [3.8, 4) is 5.75 Å². The molecule has 1 spiro atoms. The summed E-state index contributed by atoms with van der Waals surface area (Å²) in [6.07, 6.45) is 7.10. The number of carbonyl (C=O) groups excluding carboxylic acids is 2. The smallest absolute Gasteiger partial charge is 0.306 e. The van der Waals surface area contributed by atoms with E-state index < -0.39 is 26.8 Å². The molecule has 2 aromatic rings. The number of nitrogens with one attached hydrogen (secondary N) is 1. The van der Waals surface area contributed by atoms with Gasteiger partial charge in [-0.3, -0.25) is 24.3 Å². The van der Waals surface area contributed by atoms with Crippen LogP contribution >= 0.6 is 11.6 Å². The van der Waals surface area contributed by atoms with Crippen molar-refractivity contribution in [2.45, 2.75) is 93.9 Å². The van der Waals surface area contributed by atoms with Gasteiger partial charge in [-0.15, -0.1) is 0 Å². The Bertz CT molecular complexity index is 1970. The zero-order valence-electron chi connectivity index (χ0n) is 34.5. The number of rotatable bonds is 5. The highest BCUT2D eigenvalue weighted by atomic mass is 35.5. The third-order valence-corrected chi connectivity index (χ3v) is 17.0. The first kappa shape index (κ1) is 41.8. The fraction of sp³-hybridized carbons (Fsp3) is 0.682. The van der Waals surface area contributed by atoms with Crippen LogP contribution in [0.4, 0.5) is 5.69 Å². The molecule has 2 bridgehead atoms. The van der Waals surface area contributed by atoms with Crippen molar-refractivity contribution in [1.29, 1.82) is 0 Å². The number of amides is 1. The number of piperazine rings is 2. The maximum absolute atomic E-state index is 13.7. The number of anilines is 1. The second-order valence-corrected chi connectivity index (χ2v) is 20.9. The Hall–Kier alpha value is -2.94. The summed E-state index contributed by atoms with van der Waals surface area (Å²) in [5, 5.41) is 13.0. The molecule has 318 valence electrons. The van der Waals surface area contributed by atoms with Crippen LogP contribution in [-0.2, 0) is 31.4 Å². The minimum absolute atomic E-state index is 0.0605. The Kier molecular flexibility index (Phi) is 12.1. The van der Waals surface area contributed by atoms with Crippen LogP contribution in [0.5, 0.6) is 5.75 Å². The number of nitrogens with zero attached hydrogens (tertiary/aromatic N) is 4. The molecule has 4 heterocycles. The normalized spacial score (nSPS) is 33.4. The summed E-state index contributed by atoms with van der Waals surface area (Å²) >= 11 is 6.51. The zero-order valence-corrected chi connectivity index (χ0v) is 36.0. The lowest BCUT2D eigenvalue weighted by atomic mass is 9.62. The number of ether oxygens (including phenoxy) is 2. The zero-order chi connectivity index (χ0) is 40.8. The molecule has 1 saturated carbocycles. The summed E-state index contributed by atoms with van der Waals surface area (Å²) in [7, 11) is -2.55. The van der Waals surface area contributed by atoms with Gasteiger partial charge in [0.15, 0.2) is 0 Å². The second-order valence-electron chi connectivity index (χ2n) is 18.4. The van der Waals surface area contributed by atoms with Gasteiger partial charge in [-0.1, -0.05) is 31.0 Å². The number of aliphatic hydroxyl groups is 1. The lowest BCUT2D eigenvalue weighted by Gasteiger charge is -2.53. The Labute approximate surface area is 349 Å². The minimum atomic E-state index is -3.98. The van der Waals surface area contributed by atoms with Crippen LogP contribution in [0.2, 0.25) is 5.02 Å². The van der Waals surface area contributed by atoms with Gasteiger partial charge in [0.25, 0.3) is 5.91 Å². The summed E-state index contributed by atoms with van der Waals surface area (Å²) in [5.74, 6) is -0.0831. The Morgan fingerprint density at radius 2 is 1.79 bits per heavy atom. The molecular weight excluding hydrogens is 778 g/mol. The number of β-amino-alcohol motifs (C(OH)–C–C–N with tert-alkyl or cyclic N) is 1. The maximum Gasteiger partial charge on any atom is 0.306 e. The van der Waals surface area contributed by atoms with Gasteiger partial charge >= 0.3 is 5.97 Å². The molecule has 7 atom stereocenters. The lowest BCUT2D eigenvalue weighted by Crippen LogP contribution is -2.64. The van der Waals surface area contributed by atoms with Crippen LogP contribution in [0.1, 0.15) is 86.7 Å². The highest BCUT2D eigenvalue weighted by Gasteiger charge is 2.50.